The molecule has 0 aromatic carbocycles. The fraction of sp³-hybridized carbons (Fsp3) is 0.250. The Morgan fingerprint density at radius 2 is 1.80 bits per heavy atom. The van der Waals surface area contributed by atoms with Gasteiger partial charge in [-0.05, 0) is 32.4 Å². The van der Waals surface area contributed by atoms with E-state index in [4.69, 9.17) is 0 Å². The fourth-order valence-corrected chi connectivity index (χ4v) is 1.75. The van der Waals surface area contributed by atoms with Gasteiger partial charge in [-0.15, -0.1) is 0 Å². The van der Waals surface area contributed by atoms with Gasteiger partial charge in [-0.3, -0.25) is 19.9 Å². The lowest BCUT2D eigenvalue weighted by molar-refractivity contribution is 0.991. The van der Waals surface area contributed by atoms with Gasteiger partial charge in [0.15, 0.2) is 0 Å². The van der Waals surface area contributed by atoms with E-state index in [0.29, 0.717) is 0 Å². The topological polar surface area (TPSA) is 51.6 Å². The van der Waals surface area contributed by atoms with Crippen molar-refractivity contribution in [2.75, 3.05) is 0 Å². The number of hydrogen-bond acceptors (Lipinski definition) is 4. The molecule has 0 aliphatic rings. The molecule has 2 rings (SSSR count). The van der Waals surface area contributed by atoms with E-state index < -0.39 is 0 Å². The van der Waals surface area contributed by atoms with Crippen molar-refractivity contribution in [2.24, 2.45) is 0 Å². The summed E-state index contributed by atoms with van der Waals surface area (Å²) in [5.74, 6) is 0. The molecule has 0 spiro atoms. The molecule has 2 aromatic heterocycles. The zero-order valence-electron chi connectivity index (χ0n) is 12.0. The lowest BCUT2D eigenvalue weighted by Gasteiger charge is -1.98. The minimum absolute atomic E-state index is 0.862. The third-order valence-corrected chi connectivity index (χ3v) is 2.80. The molecule has 102 valence electrons. The van der Waals surface area contributed by atoms with Crippen LogP contribution in [0.1, 0.15) is 35.4 Å². The summed E-state index contributed by atoms with van der Waals surface area (Å²) in [6.45, 7) is 5.96. The molecule has 0 unspecified atom stereocenters. The number of nitrogens with zero attached hydrogens (tertiary/aromatic N) is 4. The zero-order valence-corrected chi connectivity index (χ0v) is 12.0. The van der Waals surface area contributed by atoms with Crippen molar-refractivity contribution in [3.05, 3.63) is 59.2 Å². The molecule has 0 radical (unpaired) electrons. The van der Waals surface area contributed by atoms with Crippen molar-refractivity contribution in [1.29, 1.82) is 0 Å². The summed E-state index contributed by atoms with van der Waals surface area (Å²) in [7, 11) is 0. The van der Waals surface area contributed by atoms with E-state index in [1.807, 2.05) is 38.2 Å². The Bertz CT molecular complexity index is 645. The lowest BCUT2D eigenvalue weighted by Crippen LogP contribution is -1.93. The van der Waals surface area contributed by atoms with E-state index in [0.717, 1.165) is 34.9 Å². The van der Waals surface area contributed by atoms with Crippen molar-refractivity contribution in [1.82, 2.24) is 19.9 Å². The van der Waals surface area contributed by atoms with Crippen LogP contribution in [0.5, 0.6) is 0 Å². The van der Waals surface area contributed by atoms with Crippen LogP contribution >= 0.6 is 0 Å². The van der Waals surface area contributed by atoms with E-state index in [9.17, 15) is 0 Å². The molecule has 0 aliphatic carbocycles. The van der Waals surface area contributed by atoms with E-state index in [-0.39, 0.29) is 0 Å². The van der Waals surface area contributed by atoms with Crippen molar-refractivity contribution < 1.29 is 0 Å². The summed E-state index contributed by atoms with van der Waals surface area (Å²) in [5, 5.41) is 0. The third-order valence-electron chi connectivity index (χ3n) is 2.80. The molecule has 4 nitrogen and oxygen atoms in total. The molecule has 0 saturated heterocycles. The highest BCUT2D eigenvalue weighted by Crippen LogP contribution is 2.05. The monoisotopic (exact) mass is 266 g/mol. The van der Waals surface area contributed by atoms with Crippen LogP contribution in [-0.4, -0.2) is 19.9 Å². The first-order valence-corrected chi connectivity index (χ1v) is 6.65. The van der Waals surface area contributed by atoms with Gasteiger partial charge in [-0.1, -0.05) is 19.1 Å². The predicted molar refractivity (Wildman–Crippen MR) is 81.0 cm³/mol. The maximum Gasteiger partial charge on any atom is 0.0842 e. The number of allylic oxidation sites excluding steroid dienone is 2. The van der Waals surface area contributed by atoms with Gasteiger partial charge in [-0.2, -0.15) is 0 Å². The maximum atomic E-state index is 4.45. The molecule has 0 bridgehead atoms. The van der Waals surface area contributed by atoms with Crippen LogP contribution in [0, 0.1) is 13.8 Å². The number of rotatable bonds is 4. The Labute approximate surface area is 119 Å². The normalized spacial score (nSPS) is 11.6. The van der Waals surface area contributed by atoms with Crippen molar-refractivity contribution >= 4 is 12.2 Å². The van der Waals surface area contributed by atoms with E-state index in [1.165, 1.54) is 0 Å². The molecule has 2 heterocycles. The van der Waals surface area contributed by atoms with Crippen LogP contribution in [0.15, 0.2) is 30.7 Å². The van der Waals surface area contributed by atoms with Crippen molar-refractivity contribution in [3.8, 4) is 0 Å². The average Bonchev–Trinajstić information content (AvgIpc) is 2.45. The lowest BCUT2D eigenvalue weighted by atomic mass is 10.2. The van der Waals surface area contributed by atoms with Gasteiger partial charge in [-0.25, -0.2) is 0 Å². The zero-order chi connectivity index (χ0) is 14.4. The highest BCUT2D eigenvalue weighted by atomic mass is 14.8. The second-order valence-corrected chi connectivity index (χ2v) is 4.49. The molecule has 4 heteroatoms. The van der Waals surface area contributed by atoms with E-state index in [1.54, 1.807) is 18.6 Å². The molecular weight excluding hydrogens is 248 g/mol. The van der Waals surface area contributed by atoms with Crippen LogP contribution in [0.3, 0.4) is 0 Å². The second kappa shape index (κ2) is 6.70. The minimum atomic E-state index is 0.862. The molecule has 0 atom stereocenters. The van der Waals surface area contributed by atoms with Crippen LogP contribution < -0.4 is 0 Å². The minimum Gasteiger partial charge on any atom is -0.261 e. The smallest absolute Gasteiger partial charge is 0.0842 e. The standard InChI is InChI=1S/C16H18N4/c1-4-14-10-17-11-15(20-14)7-5-6-8-16-13(3)19-12(2)9-18-16/h5-11H,4H2,1-3H3/b7-5+,8-6-. The van der Waals surface area contributed by atoms with Gasteiger partial charge >= 0.3 is 0 Å². The number of hydrogen-bond donors (Lipinski definition) is 0. The number of aryl methyl sites for hydroxylation is 3. The summed E-state index contributed by atoms with van der Waals surface area (Å²) in [6.07, 6.45) is 13.9. The molecule has 0 aliphatic heterocycles. The van der Waals surface area contributed by atoms with E-state index >= 15 is 0 Å². The summed E-state index contributed by atoms with van der Waals surface area (Å²) in [6, 6.07) is 0. The molecule has 0 N–H and O–H groups in total. The highest BCUT2D eigenvalue weighted by molar-refractivity contribution is 5.54. The molecular formula is C16H18N4. The van der Waals surface area contributed by atoms with Crippen LogP contribution in [0.25, 0.3) is 12.2 Å². The average molecular weight is 266 g/mol. The van der Waals surface area contributed by atoms with Crippen molar-refractivity contribution in [2.45, 2.75) is 27.2 Å². The molecule has 0 amide bonds. The first-order valence-electron chi connectivity index (χ1n) is 6.65. The number of aromatic nitrogens is 4. The van der Waals surface area contributed by atoms with Gasteiger partial charge in [0, 0.05) is 12.4 Å². The summed E-state index contributed by atoms with van der Waals surface area (Å²) < 4.78 is 0. The molecule has 0 fully saturated rings. The molecule has 2 aromatic rings. The predicted octanol–water partition coefficient (Wildman–Crippen LogP) is 3.17. The third kappa shape index (κ3) is 3.82. The fourth-order valence-electron chi connectivity index (χ4n) is 1.75. The van der Waals surface area contributed by atoms with Crippen LogP contribution in [0.4, 0.5) is 0 Å². The molecule has 0 saturated carbocycles. The largest absolute Gasteiger partial charge is 0.261 e. The first kappa shape index (κ1) is 14.1. The summed E-state index contributed by atoms with van der Waals surface area (Å²) >= 11 is 0. The highest BCUT2D eigenvalue weighted by Gasteiger charge is 1.96. The van der Waals surface area contributed by atoms with Gasteiger partial charge in [0.2, 0.25) is 0 Å². The quantitative estimate of drug-likeness (QED) is 0.798. The van der Waals surface area contributed by atoms with Crippen molar-refractivity contribution in [3.63, 3.8) is 0 Å². The Hall–Kier alpha value is -2.36. The Morgan fingerprint density at radius 1 is 1.00 bits per heavy atom. The SMILES string of the molecule is CCc1cncc(/C=C/C=C\c2ncc(C)nc2C)n1. The Kier molecular flexibility index (Phi) is 4.71. The van der Waals surface area contributed by atoms with E-state index in [2.05, 4.69) is 26.9 Å². The maximum absolute atomic E-state index is 4.45. The second-order valence-electron chi connectivity index (χ2n) is 4.49. The Morgan fingerprint density at radius 3 is 2.55 bits per heavy atom. The Balaban J connectivity index is 2.07. The van der Waals surface area contributed by atoms with Crippen LogP contribution in [-0.2, 0) is 6.42 Å². The summed E-state index contributed by atoms with van der Waals surface area (Å²) in [5.41, 5.74) is 4.61. The van der Waals surface area contributed by atoms with Gasteiger partial charge < -0.3 is 0 Å². The van der Waals surface area contributed by atoms with Gasteiger partial charge in [0.05, 0.1) is 34.7 Å². The van der Waals surface area contributed by atoms with Gasteiger partial charge in [0.25, 0.3) is 0 Å². The summed E-state index contributed by atoms with van der Waals surface area (Å²) in [4.78, 5) is 17.3. The molecule has 20 heavy (non-hydrogen) atoms. The van der Waals surface area contributed by atoms with Crippen LogP contribution in [0.2, 0.25) is 0 Å². The van der Waals surface area contributed by atoms with Gasteiger partial charge in [0.1, 0.15) is 0 Å². The first-order chi connectivity index (χ1) is 9.69.